The van der Waals surface area contributed by atoms with Crippen LogP contribution in [0.2, 0.25) is 0 Å². The minimum absolute atomic E-state index is 0.0944. The van der Waals surface area contributed by atoms with Crippen molar-refractivity contribution in [1.82, 2.24) is 19.4 Å². The molecule has 0 unspecified atom stereocenters. The van der Waals surface area contributed by atoms with Gasteiger partial charge in [0.15, 0.2) is 0 Å². The first-order valence-electron chi connectivity index (χ1n) is 8.36. The van der Waals surface area contributed by atoms with Crippen molar-refractivity contribution in [2.75, 3.05) is 13.6 Å². The maximum absolute atomic E-state index is 12.5. The van der Waals surface area contributed by atoms with Gasteiger partial charge in [-0.1, -0.05) is 0 Å². The Labute approximate surface area is 150 Å². The SMILES string of the molecule is CN(CC(=O)NC(C)(C)C)C(=O)Cn1c(=O)c(C#N)c2n(c1=O)CCC2. The largest absolute Gasteiger partial charge is 0.350 e. The second kappa shape index (κ2) is 7.15. The Morgan fingerprint density at radius 1 is 1.31 bits per heavy atom. The topological polar surface area (TPSA) is 117 Å². The van der Waals surface area contributed by atoms with Crippen LogP contribution in [0.15, 0.2) is 9.59 Å². The number of hydrogen-bond donors (Lipinski definition) is 1. The summed E-state index contributed by atoms with van der Waals surface area (Å²) in [5, 5.41) is 12.0. The molecule has 9 nitrogen and oxygen atoms in total. The molecule has 1 N–H and O–H groups in total. The minimum Gasteiger partial charge on any atom is -0.350 e. The smallest absolute Gasteiger partial charge is 0.331 e. The number of hydrogen-bond acceptors (Lipinski definition) is 5. The van der Waals surface area contributed by atoms with Gasteiger partial charge in [0.2, 0.25) is 11.8 Å². The van der Waals surface area contributed by atoms with Crippen LogP contribution in [0, 0.1) is 11.3 Å². The second-order valence-electron chi connectivity index (χ2n) is 7.41. The number of carbonyl (C=O) groups is 2. The molecular weight excluding hydrogens is 338 g/mol. The van der Waals surface area contributed by atoms with Crippen LogP contribution in [-0.2, 0) is 29.1 Å². The first-order chi connectivity index (χ1) is 12.0. The lowest BCUT2D eigenvalue weighted by Gasteiger charge is -2.23. The molecule has 0 bridgehead atoms. The molecule has 1 aromatic rings. The van der Waals surface area contributed by atoms with Crippen molar-refractivity contribution in [3.63, 3.8) is 0 Å². The monoisotopic (exact) mass is 361 g/mol. The van der Waals surface area contributed by atoms with E-state index in [2.05, 4.69) is 5.32 Å². The fourth-order valence-electron chi connectivity index (χ4n) is 2.91. The lowest BCUT2D eigenvalue weighted by Crippen LogP contribution is -2.49. The van der Waals surface area contributed by atoms with Gasteiger partial charge in [0, 0.05) is 24.8 Å². The van der Waals surface area contributed by atoms with Crippen LogP contribution in [0.1, 0.15) is 38.4 Å². The molecule has 0 atom stereocenters. The third-order valence-corrected chi connectivity index (χ3v) is 4.06. The summed E-state index contributed by atoms with van der Waals surface area (Å²) in [6.07, 6.45) is 1.17. The van der Waals surface area contributed by atoms with Gasteiger partial charge in [-0.2, -0.15) is 5.26 Å². The molecule has 0 saturated carbocycles. The van der Waals surface area contributed by atoms with Crippen LogP contribution >= 0.6 is 0 Å². The van der Waals surface area contributed by atoms with Crippen LogP contribution in [0.25, 0.3) is 0 Å². The fourth-order valence-corrected chi connectivity index (χ4v) is 2.91. The standard InChI is InChI=1S/C17H23N5O4/c1-17(2,3)19-13(23)9-20(4)14(24)10-22-15(25)11(8-18)12-6-5-7-21(12)16(22)26/h5-7,9-10H2,1-4H3,(H,19,23). The van der Waals surface area contributed by atoms with Gasteiger partial charge in [0.05, 0.1) is 6.54 Å². The summed E-state index contributed by atoms with van der Waals surface area (Å²) in [6, 6.07) is 1.84. The molecule has 2 heterocycles. The van der Waals surface area contributed by atoms with Gasteiger partial charge in [0.25, 0.3) is 5.56 Å². The molecule has 26 heavy (non-hydrogen) atoms. The highest BCUT2D eigenvalue weighted by atomic mass is 16.2. The van der Waals surface area contributed by atoms with Crippen molar-refractivity contribution in [3.05, 3.63) is 32.1 Å². The molecule has 9 heteroatoms. The molecule has 2 amide bonds. The highest BCUT2D eigenvalue weighted by Gasteiger charge is 2.25. The first kappa shape index (κ1) is 19.4. The molecule has 0 aromatic carbocycles. The fraction of sp³-hybridized carbons (Fsp3) is 0.588. The summed E-state index contributed by atoms with van der Waals surface area (Å²) in [6.45, 7) is 5.18. The zero-order valence-electron chi connectivity index (χ0n) is 15.5. The van der Waals surface area contributed by atoms with Crippen LogP contribution in [0.3, 0.4) is 0 Å². The Morgan fingerprint density at radius 2 is 1.96 bits per heavy atom. The Morgan fingerprint density at radius 3 is 2.54 bits per heavy atom. The molecule has 2 rings (SSSR count). The molecule has 0 spiro atoms. The lowest BCUT2D eigenvalue weighted by atomic mass is 10.1. The van der Waals surface area contributed by atoms with Crippen LogP contribution in [-0.4, -0.2) is 45.0 Å². The van der Waals surface area contributed by atoms with E-state index in [-0.39, 0.29) is 18.0 Å². The Hall–Kier alpha value is -2.89. The van der Waals surface area contributed by atoms with Gasteiger partial charge in [-0.25, -0.2) is 9.36 Å². The van der Waals surface area contributed by atoms with Crippen molar-refractivity contribution in [2.45, 2.75) is 52.2 Å². The van der Waals surface area contributed by atoms with Gasteiger partial charge < -0.3 is 10.2 Å². The normalized spacial score (nSPS) is 13.0. The van der Waals surface area contributed by atoms with E-state index in [9.17, 15) is 24.4 Å². The lowest BCUT2D eigenvalue weighted by molar-refractivity contribution is -0.135. The van der Waals surface area contributed by atoms with Gasteiger partial charge in [-0.15, -0.1) is 0 Å². The average molecular weight is 361 g/mol. The second-order valence-corrected chi connectivity index (χ2v) is 7.41. The first-order valence-corrected chi connectivity index (χ1v) is 8.36. The van der Waals surface area contributed by atoms with E-state index in [1.807, 2.05) is 26.8 Å². The maximum Gasteiger partial charge on any atom is 0.331 e. The predicted octanol–water partition coefficient (Wildman–Crippen LogP) is -0.799. The van der Waals surface area contributed by atoms with Gasteiger partial charge in [-0.3, -0.25) is 19.0 Å². The molecular formula is C17H23N5O4. The van der Waals surface area contributed by atoms with Crippen molar-refractivity contribution in [3.8, 4) is 6.07 Å². The van der Waals surface area contributed by atoms with Gasteiger partial charge in [0.1, 0.15) is 18.2 Å². The molecule has 0 aliphatic carbocycles. The van der Waals surface area contributed by atoms with Crippen LogP contribution in [0.4, 0.5) is 0 Å². The summed E-state index contributed by atoms with van der Waals surface area (Å²) in [5.41, 5.74) is -1.45. The molecule has 1 aliphatic rings. The molecule has 0 radical (unpaired) electrons. The minimum atomic E-state index is -0.758. The molecule has 0 saturated heterocycles. The maximum atomic E-state index is 12.5. The van der Waals surface area contributed by atoms with Gasteiger partial charge >= 0.3 is 5.69 Å². The zero-order chi connectivity index (χ0) is 19.6. The van der Waals surface area contributed by atoms with Crippen LogP contribution in [0.5, 0.6) is 0 Å². The molecule has 1 aliphatic heterocycles. The number of likely N-dealkylation sites (N-methyl/N-ethyl adjacent to an activating group) is 1. The number of rotatable bonds is 4. The van der Waals surface area contributed by atoms with Crippen molar-refractivity contribution < 1.29 is 9.59 Å². The number of nitrogens with zero attached hydrogens (tertiary/aromatic N) is 4. The van der Waals surface area contributed by atoms with Crippen LogP contribution < -0.4 is 16.6 Å². The van der Waals surface area contributed by atoms with E-state index in [0.29, 0.717) is 25.1 Å². The third kappa shape index (κ3) is 4.02. The Balaban J connectivity index is 2.23. The van der Waals surface area contributed by atoms with E-state index in [4.69, 9.17) is 0 Å². The van der Waals surface area contributed by atoms with E-state index < -0.39 is 29.2 Å². The molecule has 1 aromatic heterocycles. The molecule has 140 valence electrons. The average Bonchev–Trinajstić information content (AvgIpc) is 2.99. The number of nitriles is 1. The quantitative estimate of drug-likeness (QED) is 0.753. The van der Waals surface area contributed by atoms with E-state index in [1.165, 1.54) is 11.6 Å². The predicted molar refractivity (Wildman–Crippen MR) is 93.5 cm³/mol. The van der Waals surface area contributed by atoms with Crippen molar-refractivity contribution in [2.24, 2.45) is 0 Å². The highest BCUT2D eigenvalue weighted by molar-refractivity contribution is 5.84. The number of fused-ring (bicyclic) bond motifs is 1. The number of carbonyl (C=O) groups excluding carboxylic acids is 2. The Kier molecular flexibility index (Phi) is 5.35. The van der Waals surface area contributed by atoms with Crippen molar-refractivity contribution >= 4 is 11.8 Å². The third-order valence-electron chi connectivity index (χ3n) is 4.06. The summed E-state index contributed by atoms with van der Waals surface area (Å²) in [4.78, 5) is 50.4. The summed E-state index contributed by atoms with van der Waals surface area (Å²) >= 11 is 0. The molecule has 0 fully saturated rings. The van der Waals surface area contributed by atoms with E-state index in [0.717, 1.165) is 9.47 Å². The van der Waals surface area contributed by atoms with E-state index in [1.54, 1.807) is 0 Å². The number of nitrogens with one attached hydrogen (secondary N) is 1. The summed E-state index contributed by atoms with van der Waals surface area (Å²) < 4.78 is 2.15. The van der Waals surface area contributed by atoms with Crippen molar-refractivity contribution in [1.29, 1.82) is 5.26 Å². The Bertz CT molecular complexity index is 898. The summed E-state index contributed by atoms with van der Waals surface area (Å²) in [5.74, 6) is -0.903. The van der Waals surface area contributed by atoms with E-state index >= 15 is 0 Å². The number of aromatic nitrogens is 2. The zero-order valence-corrected chi connectivity index (χ0v) is 15.5. The summed E-state index contributed by atoms with van der Waals surface area (Å²) in [7, 11) is 1.42. The highest BCUT2D eigenvalue weighted by Crippen LogP contribution is 2.13. The number of amides is 2. The van der Waals surface area contributed by atoms with Gasteiger partial charge in [-0.05, 0) is 33.6 Å².